The molecule has 4 aliphatic heterocycles. The van der Waals surface area contributed by atoms with Gasteiger partial charge in [-0.15, -0.1) is 0 Å². The van der Waals surface area contributed by atoms with Gasteiger partial charge in [0.2, 0.25) is 5.91 Å². The first-order valence-electron chi connectivity index (χ1n) is 11.7. The van der Waals surface area contributed by atoms with Gasteiger partial charge < -0.3 is 5.32 Å². The molecule has 4 unspecified atom stereocenters. The van der Waals surface area contributed by atoms with Crippen LogP contribution in [0.15, 0.2) is 59.6 Å². The van der Waals surface area contributed by atoms with Gasteiger partial charge >= 0.3 is 0 Å². The zero-order valence-electron chi connectivity index (χ0n) is 19.3. The Kier molecular flexibility index (Phi) is 4.90. The topological polar surface area (TPSA) is 73.8 Å². The number of hydrogen-bond acceptors (Lipinski definition) is 5. The van der Waals surface area contributed by atoms with Crippen molar-refractivity contribution >= 4 is 75.4 Å². The third-order valence-corrected chi connectivity index (χ3v) is 8.95. The highest BCUT2D eigenvalue weighted by atomic mass is 35.5. The zero-order chi connectivity index (χ0) is 25.9. The van der Waals surface area contributed by atoms with Crippen molar-refractivity contribution in [1.82, 2.24) is 5.32 Å². The summed E-state index contributed by atoms with van der Waals surface area (Å²) in [5.41, 5.74) is 1.36. The second kappa shape index (κ2) is 7.71. The molecule has 6 nitrogen and oxygen atoms in total. The van der Waals surface area contributed by atoms with Crippen molar-refractivity contribution in [3.8, 4) is 0 Å². The maximum absolute atomic E-state index is 14.4. The van der Waals surface area contributed by atoms with Gasteiger partial charge in [0.1, 0.15) is 11.4 Å². The van der Waals surface area contributed by atoms with Crippen molar-refractivity contribution in [1.29, 1.82) is 0 Å². The largest absolute Gasteiger partial charge is 0.341 e. The summed E-state index contributed by atoms with van der Waals surface area (Å²) in [6.07, 6.45) is 0.524. The molecule has 2 amide bonds. The second-order valence-corrected chi connectivity index (χ2v) is 11.6. The SMILES string of the molecule is Cc1ccccc1CC1NC23C(=NC24C(=O)N(c2cc(Cl)cc(Cl)c2)C(=O)C14)Nc1c(Cl)cc(Cl)cc13. The van der Waals surface area contributed by atoms with Crippen molar-refractivity contribution in [2.75, 3.05) is 10.2 Å². The van der Waals surface area contributed by atoms with Crippen molar-refractivity contribution in [2.24, 2.45) is 10.9 Å². The number of benzene rings is 3. The molecule has 0 aliphatic carbocycles. The number of aliphatic imine (C=N–C) groups is 1. The Hall–Kier alpha value is -2.61. The van der Waals surface area contributed by atoms with Gasteiger partial charge in [-0.1, -0.05) is 70.7 Å². The Balaban J connectivity index is 1.44. The Labute approximate surface area is 232 Å². The molecule has 2 fully saturated rings. The van der Waals surface area contributed by atoms with Crippen LogP contribution in [-0.4, -0.2) is 29.2 Å². The highest BCUT2D eigenvalue weighted by Crippen LogP contribution is 2.64. The summed E-state index contributed by atoms with van der Waals surface area (Å²) in [7, 11) is 0. The first kappa shape index (κ1) is 23.5. The molecule has 0 aromatic heterocycles. The van der Waals surface area contributed by atoms with Crippen LogP contribution in [0, 0.1) is 12.8 Å². The molecular formula is C27H18Cl4N4O2. The molecule has 4 heterocycles. The predicted molar refractivity (Wildman–Crippen MR) is 146 cm³/mol. The smallest absolute Gasteiger partial charge is 0.265 e. The predicted octanol–water partition coefficient (Wildman–Crippen LogP) is 5.78. The summed E-state index contributed by atoms with van der Waals surface area (Å²) in [5, 5.41) is 8.44. The van der Waals surface area contributed by atoms with Crippen LogP contribution in [0.2, 0.25) is 20.1 Å². The van der Waals surface area contributed by atoms with Crippen LogP contribution in [0.5, 0.6) is 0 Å². The van der Waals surface area contributed by atoms with Crippen LogP contribution in [-0.2, 0) is 21.5 Å². The molecule has 3 aromatic carbocycles. The summed E-state index contributed by atoms with van der Waals surface area (Å²) < 4.78 is 0. The molecule has 7 rings (SSSR count). The molecule has 4 aliphatic rings. The molecule has 186 valence electrons. The minimum atomic E-state index is -1.41. The number of rotatable bonds is 3. The van der Waals surface area contributed by atoms with Gasteiger partial charge in [-0.2, -0.15) is 0 Å². The normalized spacial score (nSPS) is 28.8. The molecule has 2 spiro atoms. The minimum Gasteiger partial charge on any atom is -0.341 e. The lowest BCUT2D eigenvalue weighted by molar-refractivity contribution is -0.124. The number of carbonyl (C=O) groups is 2. The van der Waals surface area contributed by atoms with E-state index in [2.05, 4.69) is 10.6 Å². The van der Waals surface area contributed by atoms with Gasteiger partial charge in [0.15, 0.2) is 5.54 Å². The van der Waals surface area contributed by atoms with E-state index in [1.54, 1.807) is 30.3 Å². The highest BCUT2D eigenvalue weighted by molar-refractivity contribution is 6.40. The second-order valence-electron chi connectivity index (χ2n) is 9.88. The molecule has 2 N–H and O–H groups in total. The van der Waals surface area contributed by atoms with E-state index < -0.39 is 28.9 Å². The fraction of sp³-hybridized carbons (Fsp3) is 0.222. The number of carbonyl (C=O) groups excluding carboxylic acids is 2. The van der Waals surface area contributed by atoms with E-state index in [1.165, 1.54) is 4.90 Å². The Morgan fingerprint density at radius 3 is 2.41 bits per heavy atom. The molecule has 0 saturated carbocycles. The van der Waals surface area contributed by atoms with Crippen molar-refractivity contribution < 1.29 is 9.59 Å². The Morgan fingerprint density at radius 2 is 1.68 bits per heavy atom. The molecular weight excluding hydrogens is 554 g/mol. The van der Waals surface area contributed by atoms with Gasteiger partial charge in [-0.25, -0.2) is 9.89 Å². The summed E-state index contributed by atoms with van der Waals surface area (Å²) in [5.74, 6) is -1.01. The summed E-state index contributed by atoms with van der Waals surface area (Å²) >= 11 is 25.5. The molecule has 0 radical (unpaired) electrons. The summed E-state index contributed by atoms with van der Waals surface area (Å²) in [4.78, 5) is 34.5. The van der Waals surface area contributed by atoms with Crippen molar-refractivity contribution in [3.05, 3.63) is 91.4 Å². The van der Waals surface area contributed by atoms with E-state index in [0.717, 1.165) is 11.1 Å². The van der Waals surface area contributed by atoms with Crippen LogP contribution < -0.4 is 15.5 Å². The number of amidine groups is 1. The average Bonchev–Trinajstić information content (AvgIpc) is 3.30. The lowest BCUT2D eigenvalue weighted by atomic mass is 9.65. The van der Waals surface area contributed by atoms with E-state index in [-0.39, 0.29) is 5.91 Å². The van der Waals surface area contributed by atoms with Crippen LogP contribution >= 0.6 is 46.4 Å². The Bertz CT molecular complexity index is 1590. The number of halogens is 4. The lowest BCUT2D eigenvalue weighted by Gasteiger charge is -2.46. The zero-order valence-corrected chi connectivity index (χ0v) is 22.3. The van der Waals surface area contributed by atoms with Gasteiger partial charge in [0, 0.05) is 26.7 Å². The van der Waals surface area contributed by atoms with Gasteiger partial charge in [0.05, 0.1) is 22.3 Å². The number of imide groups is 1. The van der Waals surface area contributed by atoms with E-state index in [1.807, 2.05) is 31.2 Å². The number of nitrogens with one attached hydrogen (secondary N) is 2. The number of anilines is 2. The molecule has 2 saturated heterocycles. The van der Waals surface area contributed by atoms with Gasteiger partial charge in [-0.05, 0) is 54.8 Å². The summed E-state index contributed by atoms with van der Waals surface area (Å²) in [6, 6.07) is 15.7. The Morgan fingerprint density at radius 1 is 0.973 bits per heavy atom. The first-order valence-corrected chi connectivity index (χ1v) is 13.2. The number of hydrogen-bond donors (Lipinski definition) is 2. The molecule has 37 heavy (non-hydrogen) atoms. The molecule has 0 bridgehead atoms. The maximum atomic E-state index is 14.4. The van der Waals surface area contributed by atoms with E-state index >= 15 is 0 Å². The number of nitrogens with zero attached hydrogens (tertiary/aromatic N) is 2. The molecule has 10 heteroatoms. The maximum Gasteiger partial charge on any atom is 0.265 e. The molecule has 3 aromatic rings. The van der Waals surface area contributed by atoms with Crippen molar-refractivity contribution in [3.63, 3.8) is 0 Å². The summed E-state index contributed by atoms with van der Waals surface area (Å²) in [6.45, 7) is 2.03. The van der Waals surface area contributed by atoms with E-state index in [9.17, 15) is 9.59 Å². The van der Waals surface area contributed by atoms with Crippen LogP contribution in [0.25, 0.3) is 0 Å². The number of aryl methyl sites for hydroxylation is 1. The quantitative estimate of drug-likeness (QED) is 0.391. The third kappa shape index (κ3) is 2.85. The average molecular weight is 572 g/mol. The van der Waals surface area contributed by atoms with Crippen LogP contribution in [0.1, 0.15) is 16.7 Å². The van der Waals surface area contributed by atoms with Crippen LogP contribution in [0.3, 0.4) is 0 Å². The number of amides is 2. The standard InChI is InChI=1S/C27H18Cl4N4O2/c1-12-4-2-3-5-13(12)6-20-21-23(36)35(17-8-14(28)7-15(29)9-17)25(37)27(21)26(33-20)18-10-16(30)11-19(31)22(18)32-24(26)34-27/h2-5,7-11,20-21,33H,6H2,1H3,(H,32,34). The van der Waals surface area contributed by atoms with Crippen molar-refractivity contribution in [2.45, 2.75) is 30.5 Å². The monoisotopic (exact) mass is 570 g/mol. The first-order chi connectivity index (χ1) is 17.7. The minimum absolute atomic E-state index is 0.319. The van der Waals surface area contributed by atoms with Crippen LogP contribution in [0.4, 0.5) is 11.4 Å². The lowest BCUT2D eigenvalue weighted by Crippen LogP contribution is -2.69. The third-order valence-electron chi connectivity index (χ3n) is 7.99. The highest BCUT2D eigenvalue weighted by Gasteiger charge is 2.84. The van der Waals surface area contributed by atoms with Gasteiger partial charge in [-0.3, -0.25) is 14.9 Å². The van der Waals surface area contributed by atoms with E-state index in [0.29, 0.717) is 49.3 Å². The van der Waals surface area contributed by atoms with Gasteiger partial charge in [0.25, 0.3) is 5.91 Å². The number of fused-ring (bicyclic) bond motifs is 1. The fourth-order valence-corrected chi connectivity index (χ4v) is 7.57. The van der Waals surface area contributed by atoms with E-state index in [4.69, 9.17) is 51.4 Å². The molecule has 4 atom stereocenters. The fourth-order valence-electron chi connectivity index (χ4n) is 6.51.